The Kier molecular flexibility index (Phi) is 4.90. The number of amides is 1. The number of carbonyl (C=O) groups is 1. The maximum absolute atomic E-state index is 12.1. The number of anilines is 1. The maximum Gasteiger partial charge on any atom is 0.255 e. The van der Waals surface area contributed by atoms with Crippen molar-refractivity contribution in [3.05, 3.63) is 61.0 Å². The average molecular weight is 424 g/mol. The van der Waals surface area contributed by atoms with Gasteiger partial charge in [-0.25, -0.2) is 0 Å². The second-order valence-corrected chi connectivity index (χ2v) is 6.27. The fraction of sp³-hybridized carbons (Fsp3) is 0. The molecule has 0 saturated heterocycles. The van der Waals surface area contributed by atoms with Gasteiger partial charge < -0.3 is 5.32 Å². The predicted molar refractivity (Wildman–Crippen MR) is 86.3 cm³/mol. The first-order chi connectivity index (χ1) is 8.97. The van der Waals surface area contributed by atoms with Crippen molar-refractivity contribution >= 4 is 66.7 Å². The molecule has 0 radical (unpaired) electrons. The summed E-state index contributed by atoms with van der Waals surface area (Å²) in [5.74, 6) is -0.258. The molecule has 2 rings (SSSR count). The molecule has 0 bridgehead atoms. The Morgan fingerprint density at radius 3 is 2.53 bits per heavy atom. The lowest BCUT2D eigenvalue weighted by molar-refractivity contribution is 0.102. The number of nitrogens with one attached hydrogen (secondary N) is 1. The van der Waals surface area contributed by atoms with Crippen LogP contribution in [0.2, 0.25) is 10.0 Å². The fourth-order valence-corrected chi connectivity index (χ4v) is 2.88. The number of benzene rings is 2. The lowest BCUT2D eigenvalue weighted by atomic mass is 10.2. The number of carbonyl (C=O) groups excluding carboxylic acids is 1. The summed E-state index contributed by atoms with van der Waals surface area (Å²) in [5.41, 5.74) is 1.07. The first kappa shape index (κ1) is 14.9. The van der Waals surface area contributed by atoms with E-state index in [0.717, 1.165) is 4.47 Å². The summed E-state index contributed by atoms with van der Waals surface area (Å²) in [7, 11) is 0. The van der Waals surface area contributed by atoms with Crippen molar-refractivity contribution in [1.29, 1.82) is 0 Å². The van der Waals surface area contributed by atoms with Gasteiger partial charge in [-0.05, 0) is 46.3 Å². The van der Waals surface area contributed by atoms with E-state index >= 15 is 0 Å². The average Bonchev–Trinajstić information content (AvgIpc) is 2.33. The van der Waals surface area contributed by atoms with Gasteiger partial charge in [-0.3, -0.25) is 4.79 Å². The monoisotopic (exact) mass is 421 g/mol. The van der Waals surface area contributed by atoms with E-state index in [-0.39, 0.29) is 5.91 Å². The molecule has 2 aromatic carbocycles. The predicted octanol–water partition coefficient (Wildman–Crippen LogP) is 5.77. The minimum absolute atomic E-state index is 0.258. The molecule has 0 saturated carbocycles. The van der Waals surface area contributed by atoms with Crippen molar-refractivity contribution in [2.24, 2.45) is 0 Å². The normalized spacial score (nSPS) is 10.3. The van der Waals surface area contributed by atoms with Crippen molar-refractivity contribution in [3.63, 3.8) is 0 Å². The highest BCUT2D eigenvalue weighted by Crippen LogP contribution is 2.30. The van der Waals surface area contributed by atoms with Crippen LogP contribution in [0.1, 0.15) is 10.4 Å². The van der Waals surface area contributed by atoms with E-state index < -0.39 is 0 Å². The number of rotatable bonds is 2. The minimum atomic E-state index is -0.258. The van der Waals surface area contributed by atoms with Crippen LogP contribution in [-0.2, 0) is 0 Å². The summed E-state index contributed by atoms with van der Waals surface area (Å²) in [6.45, 7) is 0. The Balaban J connectivity index is 2.28. The van der Waals surface area contributed by atoms with Crippen molar-refractivity contribution < 1.29 is 4.79 Å². The largest absolute Gasteiger partial charge is 0.321 e. The highest BCUT2D eigenvalue weighted by atomic mass is 79.9. The van der Waals surface area contributed by atoms with Crippen LogP contribution in [0.3, 0.4) is 0 Å². The minimum Gasteiger partial charge on any atom is -0.321 e. The molecule has 19 heavy (non-hydrogen) atoms. The lowest BCUT2D eigenvalue weighted by Gasteiger charge is -2.09. The molecule has 0 aliphatic carbocycles. The van der Waals surface area contributed by atoms with Crippen molar-refractivity contribution in [3.8, 4) is 0 Å². The quantitative estimate of drug-likeness (QED) is 0.652. The SMILES string of the molecule is O=C(Nc1cccc(Cl)c1Br)c1cc(Cl)cc(Br)c1. The Bertz CT molecular complexity index is 626. The van der Waals surface area contributed by atoms with Crippen LogP contribution in [0.5, 0.6) is 0 Å². The van der Waals surface area contributed by atoms with Gasteiger partial charge >= 0.3 is 0 Å². The third-order valence-electron chi connectivity index (χ3n) is 2.32. The summed E-state index contributed by atoms with van der Waals surface area (Å²) < 4.78 is 1.39. The fourth-order valence-electron chi connectivity index (χ4n) is 1.48. The third kappa shape index (κ3) is 3.72. The first-order valence-electron chi connectivity index (χ1n) is 5.19. The summed E-state index contributed by atoms with van der Waals surface area (Å²) in [4.78, 5) is 12.1. The van der Waals surface area contributed by atoms with Gasteiger partial charge in [-0.15, -0.1) is 0 Å². The Labute approximate surface area is 137 Å². The van der Waals surface area contributed by atoms with Crippen LogP contribution in [0.4, 0.5) is 5.69 Å². The maximum atomic E-state index is 12.1. The molecule has 0 aromatic heterocycles. The van der Waals surface area contributed by atoms with E-state index in [9.17, 15) is 4.79 Å². The zero-order chi connectivity index (χ0) is 14.0. The van der Waals surface area contributed by atoms with Crippen LogP contribution >= 0.6 is 55.1 Å². The van der Waals surface area contributed by atoms with Crippen LogP contribution in [0.25, 0.3) is 0 Å². The van der Waals surface area contributed by atoms with Gasteiger partial charge in [0.25, 0.3) is 5.91 Å². The molecule has 0 atom stereocenters. The zero-order valence-corrected chi connectivity index (χ0v) is 14.1. The molecule has 98 valence electrons. The van der Waals surface area contributed by atoms with Gasteiger partial charge in [0, 0.05) is 15.1 Å². The van der Waals surface area contributed by atoms with E-state index in [1.807, 2.05) is 0 Å². The van der Waals surface area contributed by atoms with Crippen molar-refractivity contribution in [1.82, 2.24) is 0 Å². The van der Waals surface area contributed by atoms with E-state index in [1.165, 1.54) is 0 Å². The van der Waals surface area contributed by atoms with Gasteiger partial charge in [-0.1, -0.05) is 45.2 Å². The lowest BCUT2D eigenvalue weighted by Crippen LogP contribution is -2.12. The van der Waals surface area contributed by atoms with Crippen LogP contribution in [0.15, 0.2) is 45.3 Å². The summed E-state index contributed by atoms with van der Waals surface area (Å²) in [5, 5.41) is 3.79. The highest BCUT2D eigenvalue weighted by Gasteiger charge is 2.11. The highest BCUT2D eigenvalue weighted by molar-refractivity contribution is 9.11. The molecule has 1 amide bonds. The molecule has 0 aliphatic heterocycles. The van der Waals surface area contributed by atoms with Crippen molar-refractivity contribution in [2.75, 3.05) is 5.32 Å². The van der Waals surface area contributed by atoms with Crippen molar-refractivity contribution in [2.45, 2.75) is 0 Å². The third-order valence-corrected chi connectivity index (χ3v) is 4.40. The Morgan fingerprint density at radius 1 is 1.11 bits per heavy atom. The molecule has 0 fully saturated rings. The van der Waals surface area contributed by atoms with Gasteiger partial charge in [0.2, 0.25) is 0 Å². The summed E-state index contributed by atoms with van der Waals surface area (Å²) in [6.07, 6.45) is 0. The summed E-state index contributed by atoms with van der Waals surface area (Å²) >= 11 is 18.5. The molecule has 0 spiro atoms. The number of hydrogen-bond acceptors (Lipinski definition) is 1. The smallest absolute Gasteiger partial charge is 0.255 e. The van der Waals surface area contributed by atoms with Gasteiger partial charge in [0.1, 0.15) is 0 Å². The molecule has 0 heterocycles. The molecule has 0 unspecified atom stereocenters. The van der Waals surface area contributed by atoms with Crippen LogP contribution in [0, 0.1) is 0 Å². The topological polar surface area (TPSA) is 29.1 Å². The zero-order valence-electron chi connectivity index (χ0n) is 9.38. The summed E-state index contributed by atoms with van der Waals surface area (Å²) in [6, 6.07) is 10.3. The molecule has 1 N–H and O–H groups in total. The second kappa shape index (κ2) is 6.27. The standard InChI is InChI=1S/C13H7Br2Cl2NO/c14-8-4-7(5-9(16)6-8)13(19)18-11-3-1-2-10(17)12(11)15/h1-6H,(H,18,19). The molecular weight excluding hydrogens is 417 g/mol. The van der Waals surface area contributed by atoms with Gasteiger partial charge in [-0.2, -0.15) is 0 Å². The Hall–Kier alpha value is -0.550. The van der Waals surface area contributed by atoms with E-state index in [4.69, 9.17) is 23.2 Å². The Morgan fingerprint density at radius 2 is 1.84 bits per heavy atom. The number of hydrogen-bond donors (Lipinski definition) is 1. The van der Waals surface area contributed by atoms with Crippen LogP contribution < -0.4 is 5.32 Å². The molecule has 2 aromatic rings. The molecular formula is C13H7Br2Cl2NO. The van der Waals surface area contributed by atoms with E-state index in [0.29, 0.717) is 25.8 Å². The molecule has 2 nitrogen and oxygen atoms in total. The second-order valence-electron chi connectivity index (χ2n) is 3.71. The molecule has 0 aliphatic rings. The van der Waals surface area contributed by atoms with Crippen LogP contribution in [-0.4, -0.2) is 5.91 Å². The molecule has 6 heteroatoms. The van der Waals surface area contributed by atoms with Gasteiger partial charge in [0.05, 0.1) is 15.2 Å². The van der Waals surface area contributed by atoms with E-state index in [1.54, 1.807) is 36.4 Å². The first-order valence-corrected chi connectivity index (χ1v) is 7.53. The van der Waals surface area contributed by atoms with E-state index in [2.05, 4.69) is 37.2 Å². The number of halogens is 4. The van der Waals surface area contributed by atoms with Gasteiger partial charge in [0.15, 0.2) is 0 Å².